The topological polar surface area (TPSA) is 73.3 Å². The maximum Gasteiger partial charge on any atom is 0.343 e. The Bertz CT molecular complexity index is 758. The molecule has 0 aliphatic rings. The van der Waals surface area contributed by atoms with E-state index < -0.39 is 15.8 Å². The second kappa shape index (κ2) is 5.72. The van der Waals surface area contributed by atoms with Crippen LogP contribution in [-0.4, -0.2) is 25.6 Å². The van der Waals surface area contributed by atoms with Gasteiger partial charge in [-0.3, -0.25) is 0 Å². The predicted octanol–water partition coefficient (Wildman–Crippen LogP) is 2.47. The van der Waals surface area contributed by atoms with E-state index in [1.165, 1.54) is 24.3 Å². The van der Waals surface area contributed by atoms with Crippen LogP contribution >= 0.6 is 15.9 Å². The molecule has 20 heavy (non-hydrogen) atoms. The number of halogens is 1. The lowest BCUT2D eigenvalue weighted by atomic mass is 10.2. The van der Waals surface area contributed by atoms with Gasteiger partial charge in [-0.1, -0.05) is 6.07 Å². The van der Waals surface area contributed by atoms with Gasteiger partial charge in [-0.25, -0.2) is 18.2 Å². The van der Waals surface area contributed by atoms with Gasteiger partial charge in [0.1, 0.15) is 4.60 Å². The summed E-state index contributed by atoms with van der Waals surface area (Å²) in [6.07, 6.45) is 2.63. The highest BCUT2D eigenvalue weighted by Crippen LogP contribution is 2.22. The molecular formula is C13H10BrNO4S. The summed E-state index contributed by atoms with van der Waals surface area (Å²) in [5, 5.41) is 0. The molecule has 0 saturated heterocycles. The number of aromatic nitrogens is 1. The molecule has 0 aliphatic carbocycles. The standard InChI is InChI=1S/C13H10BrNO4S/c1-20(17,18)10-5-2-4-9(8-10)13(16)19-11-6-3-7-15-12(11)14/h2-8H,1H3. The van der Waals surface area contributed by atoms with E-state index in [1.54, 1.807) is 18.3 Å². The highest BCUT2D eigenvalue weighted by Gasteiger charge is 2.14. The summed E-state index contributed by atoms with van der Waals surface area (Å²) in [6.45, 7) is 0. The van der Waals surface area contributed by atoms with Gasteiger partial charge in [0.15, 0.2) is 15.6 Å². The molecule has 0 atom stereocenters. The van der Waals surface area contributed by atoms with Crippen LogP contribution in [0, 0.1) is 0 Å². The third kappa shape index (κ3) is 3.43. The molecule has 2 aromatic rings. The van der Waals surface area contributed by atoms with Crippen molar-refractivity contribution >= 4 is 31.7 Å². The fraction of sp³-hybridized carbons (Fsp3) is 0.0769. The molecule has 1 aromatic heterocycles. The molecule has 0 radical (unpaired) electrons. The Morgan fingerprint density at radius 3 is 2.65 bits per heavy atom. The third-order valence-corrected chi connectivity index (χ3v) is 4.13. The van der Waals surface area contributed by atoms with Gasteiger partial charge in [-0.2, -0.15) is 0 Å². The Morgan fingerprint density at radius 2 is 2.00 bits per heavy atom. The van der Waals surface area contributed by atoms with Crippen molar-refractivity contribution in [3.05, 3.63) is 52.8 Å². The SMILES string of the molecule is CS(=O)(=O)c1cccc(C(=O)Oc2cccnc2Br)c1. The summed E-state index contributed by atoms with van der Waals surface area (Å²) in [5.74, 6) is -0.383. The number of hydrogen-bond acceptors (Lipinski definition) is 5. The molecular weight excluding hydrogens is 346 g/mol. The minimum absolute atomic E-state index is 0.0669. The molecule has 0 fully saturated rings. The quantitative estimate of drug-likeness (QED) is 0.624. The van der Waals surface area contributed by atoms with Gasteiger partial charge in [-0.05, 0) is 46.3 Å². The predicted molar refractivity (Wildman–Crippen MR) is 76.4 cm³/mol. The van der Waals surface area contributed by atoms with Gasteiger partial charge in [0.2, 0.25) is 0 Å². The molecule has 0 unspecified atom stereocenters. The number of carbonyl (C=O) groups is 1. The number of rotatable bonds is 3. The number of pyridine rings is 1. The van der Waals surface area contributed by atoms with Crippen molar-refractivity contribution < 1.29 is 17.9 Å². The van der Waals surface area contributed by atoms with Crippen LogP contribution in [0.2, 0.25) is 0 Å². The molecule has 0 aliphatic heterocycles. The maximum absolute atomic E-state index is 12.0. The van der Waals surface area contributed by atoms with Gasteiger partial charge >= 0.3 is 5.97 Å². The van der Waals surface area contributed by atoms with Crippen molar-refractivity contribution in [3.8, 4) is 5.75 Å². The Hall–Kier alpha value is -1.73. The average Bonchev–Trinajstić information content (AvgIpc) is 2.40. The van der Waals surface area contributed by atoms with Crippen LogP contribution in [0.25, 0.3) is 0 Å². The molecule has 0 spiro atoms. The number of esters is 1. The van der Waals surface area contributed by atoms with Crippen LogP contribution in [0.3, 0.4) is 0 Å². The molecule has 1 heterocycles. The first-order chi connectivity index (χ1) is 9.38. The molecule has 0 bridgehead atoms. The van der Waals surface area contributed by atoms with Gasteiger partial charge in [0.05, 0.1) is 10.5 Å². The zero-order valence-corrected chi connectivity index (χ0v) is 12.8. The number of ether oxygens (including phenoxy) is 1. The average molecular weight is 356 g/mol. The summed E-state index contributed by atoms with van der Waals surface area (Å²) in [7, 11) is -3.37. The van der Waals surface area contributed by atoms with Crippen LogP contribution in [0.15, 0.2) is 52.1 Å². The molecule has 104 valence electrons. The molecule has 0 N–H and O–H groups in total. The van der Waals surface area contributed by atoms with Crippen molar-refractivity contribution in [1.82, 2.24) is 4.98 Å². The maximum atomic E-state index is 12.0. The number of sulfone groups is 1. The van der Waals surface area contributed by atoms with Gasteiger partial charge in [-0.15, -0.1) is 0 Å². The van der Waals surface area contributed by atoms with Gasteiger partial charge in [0.25, 0.3) is 0 Å². The molecule has 7 heteroatoms. The van der Waals surface area contributed by atoms with E-state index in [-0.39, 0.29) is 16.2 Å². The molecule has 0 saturated carbocycles. The van der Waals surface area contributed by atoms with E-state index in [2.05, 4.69) is 20.9 Å². The van der Waals surface area contributed by atoms with Crippen molar-refractivity contribution in [1.29, 1.82) is 0 Å². The van der Waals surface area contributed by atoms with E-state index >= 15 is 0 Å². The summed E-state index contributed by atoms with van der Waals surface area (Å²) in [6, 6.07) is 8.89. The van der Waals surface area contributed by atoms with E-state index in [9.17, 15) is 13.2 Å². The minimum Gasteiger partial charge on any atom is -0.420 e. The van der Waals surface area contributed by atoms with Crippen LogP contribution in [0.5, 0.6) is 5.75 Å². The van der Waals surface area contributed by atoms with Gasteiger partial charge in [0, 0.05) is 12.5 Å². The molecule has 0 amide bonds. The first-order valence-corrected chi connectivity index (χ1v) is 8.19. The van der Waals surface area contributed by atoms with Crippen molar-refractivity contribution in [3.63, 3.8) is 0 Å². The van der Waals surface area contributed by atoms with Crippen molar-refractivity contribution in [2.75, 3.05) is 6.26 Å². The lowest BCUT2D eigenvalue weighted by Crippen LogP contribution is -2.10. The smallest absolute Gasteiger partial charge is 0.343 e. The van der Waals surface area contributed by atoms with Crippen LogP contribution in [-0.2, 0) is 9.84 Å². The number of nitrogens with zero attached hydrogens (tertiary/aromatic N) is 1. The van der Waals surface area contributed by atoms with Crippen LogP contribution in [0.4, 0.5) is 0 Å². The summed E-state index contributed by atoms with van der Waals surface area (Å²) < 4.78 is 28.5. The second-order valence-electron chi connectivity index (χ2n) is 3.98. The number of benzene rings is 1. The zero-order chi connectivity index (χ0) is 14.8. The Kier molecular flexibility index (Phi) is 4.20. The highest BCUT2D eigenvalue weighted by molar-refractivity contribution is 9.10. The first kappa shape index (κ1) is 14.7. The monoisotopic (exact) mass is 355 g/mol. The van der Waals surface area contributed by atoms with Gasteiger partial charge < -0.3 is 4.74 Å². The summed E-state index contributed by atoms with van der Waals surface area (Å²) in [4.78, 5) is 16.0. The Morgan fingerprint density at radius 1 is 1.25 bits per heavy atom. The third-order valence-electron chi connectivity index (χ3n) is 2.43. The van der Waals surface area contributed by atoms with E-state index in [1.807, 2.05) is 0 Å². The van der Waals surface area contributed by atoms with Crippen molar-refractivity contribution in [2.24, 2.45) is 0 Å². The molecule has 1 aromatic carbocycles. The Labute approximate surface area is 124 Å². The number of carbonyl (C=O) groups excluding carboxylic acids is 1. The van der Waals surface area contributed by atoms with E-state index in [4.69, 9.17) is 4.74 Å². The van der Waals surface area contributed by atoms with Crippen molar-refractivity contribution in [2.45, 2.75) is 4.90 Å². The number of hydrogen-bond donors (Lipinski definition) is 0. The highest BCUT2D eigenvalue weighted by atomic mass is 79.9. The van der Waals surface area contributed by atoms with Crippen LogP contribution < -0.4 is 4.74 Å². The minimum atomic E-state index is -3.37. The first-order valence-electron chi connectivity index (χ1n) is 5.51. The normalized spacial score (nSPS) is 11.1. The van der Waals surface area contributed by atoms with E-state index in [0.717, 1.165) is 6.26 Å². The largest absolute Gasteiger partial charge is 0.420 e. The fourth-order valence-electron chi connectivity index (χ4n) is 1.46. The van der Waals surface area contributed by atoms with Crippen LogP contribution in [0.1, 0.15) is 10.4 Å². The lowest BCUT2D eigenvalue weighted by molar-refractivity contribution is 0.0732. The zero-order valence-electron chi connectivity index (χ0n) is 10.4. The summed E-state index contributed by atoms with van der Waals surface area (Å²) in [5.41, 5.74) is 0.156. The van der Waals surface area contributed by atoms with E-state index in [0.29, 0.717) is 4.60 Å². The summed E-state index contributed by atoms with van der Waals surface area (Å²) >= 11 is 3.16. The Balaban J connectivity index is 2.29. The second-order valence-corrected chi connectivity index (χ2v) is 6.75. The molecule has 2 rings (SSSR count). The lowest BCUT2D eigenvalue weighted by Gasteiger charge is -2.06. The molecule has 5 nitrogen and oxygen atoms in total. The fourth-order valence-corrected chi connectivity index (χ4v) is 2.46.